The van der Waals surface area contributed by atoms with E-state index in [2.05, 4.69) is 172 Å². The van der Waals surface area contributed by atoms with Crippen LogP contribution in [0.5, 0.6) is 0 Å². The lowest BCUT2D eigenvalue weighted by atomic mass is 9.73. The highest BCUT2D eigenvalue weighted by Gasteiger charge is 2.46. The van der Waals surface area contributed by atoms with Crippen LogP contribution in [0.1, 0.15) is 55.3 Å². The first-order chi connectivity index (χ1) is 24.5. The molecule has 0 amide bonds. The third-order valence-electron chi connectivity index (χ3n) is 7.41. The van der Waals surface area contributed by atoms with Gasteiger partial charge in [0.15, 0.2) is 17.0 Å². The molecular weight excluding hydrogens is 623 g/mol. The number of benzene rings is 1. The summed E-state index contributed by atoms with van der Waals surface area (Å²) in [6, 6.07) is 8.80. The second-order valence-electron chi connectivity index (χ2n) is 10.2. The predicted octanol–water partition coefficient (Wildman–Crippen LogP) is 5.49. The van der Waals surface area contributed by atoms with Gasteiger partial charge in [-0.05, 0) is 155 Å². The standard InChI is InChI=1S/C20H6.C19H22N6.H3N5.8H2/c1-3-5-7-9-11-13-15-17-19-20-18-16-14-12-10-8-6-4-2;1-24-12-23-15-17(24)21-11-22-18(15)25-8-6-19(7-9-25)10-13-4-2-3-5-14(13)16(19)20;1-3-5-4-2;;;;;;;;/h1-2H3;2-5,11-12,16H,6-10,20H2,1H3;(H3,1,2,5);8*1H/t;16-;;;;;;;;;/m.1........./s1. The van der Waals surface area contributed by atoms with E-state index in [1.165, 1.54) is 11.1 Å². The molecule has 0 unspecified atom stereocenters. The Bertz CT molecular complexity index is 2260. The Morgan fingerprint density at radius 2 is 1.32 bits per heavy atom. The van der Waals surface area contributed by atoms with E-state index in [0.29, 0.717) is 0 Å². The zero-order valence-corrected chi connectivity index (χ0v) is 27.8. The van der Waals surface area contributed by atoms with Crippen molar-refractivity contribution in [3.8, 4) is 107 Å². The van der Waals surface area contributed by atoms with Crippen molar-refractivity contribution in [2.75, 3.05) is 18.0 Å². The van der Waals surface area contributed by atoms with Crippen molar-refractivity contribution in [1.29, 1.82) is 5.53 Å². The van der Waals surface area contributed by atoms with Gasteiger partial charge in [-0.1, -0.05) is 41.3 Å². The van der Waals surface area contributed by atoms with Crippen LogP contribution < -0.4 is 16.5 Å². The summed E-state index contributed by atoms with van der Waals surface area (Å²) in [6.07, 6.45) is 6.71. The number of nitrogens with zero attached hydrogens (tertiary/aromatic N) is 8. The smallest absolute Gasteiger partial charge is 0.165 e. The van der Waals surface area contributed by atoms with Crippen LogP contribution in [0.3, 0.4) is 0 Å². The molecule has 1 aliphatic heterocycles. The summed E-state index contributed by atoms with van der Waals surface area (Å²) in [5.41, 5.74) is 17.3. The van der Waals surface area contributed by atoms with E-state index in [1.54, 1.807) is 26.5 Å². The van der Waals surface area contributed by atoms with E-state index < -0.39 is 0 Å². The number of aromatic nitrogens is 4. The molecule has 11 heteroatoms. The van der Waals surface area contributed by atoms with Crippen LogP contribution in [0.15, 0.2) is 52.6 Å². The van der Waals surface area contributed by atoms with Crippen LogP contribution in [0.2, 0.25) is 0 Å². The van der Waals surface area contributed by atoms with Gasteiger partial charge < -0.3 is 21.0 Å². The third-order valence-corrected chi connectivity index (χ3v) is 7.41. The fourth-order valence-corrected chi connectivity index (χ4v) is 5.22. The largest absolute Gasteiger partial charge is 0.355 e. The van der Waals surface area contributed by atoms with Crippen molar-refractivity contribution in [3.05, 3.63) is 48.0 Å². The lowest BCUT2D eigenvalue weighted by Crippen LogP contribution is -2.44. The summed E-state index contributed by atoms with van der Waals surface area (Å²) < 4.78 is 1.94. The molecule has 0 saturated carbocycles. The molecule has 1 fully saturated rings. The molecule has 1 aromatic carbocycles. The van der Waals surface area contributed by atoms with Gasteiger partial charge in [-0.25, -0.2) is 15.0 Å². The van der Waals surface area contributed by atoms with Crippen molar-refractivity contribution in [2.45, 2.75) is 39.2 Å². The Morgan fingerprint density at radius 1 is 0.800 bits per heavy atom. The van der Waals surface area contributed by atoms with Gasteiger partial charge in [-0.3, -0.25) is 0 Å². The number of hydrogen-bond donors (Lipinski definition) is 3. The molecule has 5 N–H and O–H groups in total. The molecule has 1 saturated heterocycles. The molecule has 0 radical (unpaired) electrons. The van der Waals surface area contributed by atoms with Gasteiger partial charge in [0, 0.05) is 37.6 Å². The number of aryl methyl sites for hydroxylation is 1. The summed E-state index contributed by atoms with van der Waals surface area (Å²) >= 11 is 0. The maximum atomic E-state index is 6.67. The highest BCUT2D eigenvalue weighted by atomic mass is 15.5. The summed E-state index contributed by atoms with van der Waals surface area (Å²) in [5, 5.41) is 7.73. The van der Waals surface area contributed by atoms with Crippen LogP contribution in [0, 0.1) is 118 Å². The average molecular weight is 670 g/mol. The van der Waals surface area contributed by atoms with Crippen LogP contribution in [-0.4, -0.2) is 32.6 Å². The first kappa shape index (κ1) is 37.0. The molecule has 1 aliphatic carbocycles. The van der Waals surface area contributed by atoms with E-state index in [-0.39, 0.29) is 22.9 Å². The van der Waals surface area contributed by atoms with Crippen LogP contribution in [0.4, 0.5) is 5.82 Å². The van der Waals surface area contributed by atoms with E-state index in [0.717, 1.165) is 49.3 Å². The number of rotatable bonds is 2. The van der Waals surface area contributed by atoms with Gasteiger partial charge in [-0.2, -0.15) is 5.53 Å². The van der Waals surface area contributed by atoms with Gasteiger partial charge in [0.25, 0.3) is 0 Å². The molecule has 3 heterocycles. The summed E-state index contributed by atoms with van der Waals surface area (Å²) in [4.78, 5) is 15.7. The maximum Gasteiger partial charge on any atom is 0.165 e. The molecule has 11 nitrogen and oxygen atoms in total. The maximum absolute atomic E-state index is 6.67. The molecule has 50 heavy (non-hydrogen) atoms. The van der Waals surface area contributed by atoms with Gasteiger partial charge in [-0.15, -0.1) is 0 Å². The van der Waals surface area contributed by atoms with Crippen molar-refractivity contribution < 1.29 is 11.4 Å². The van der Waals surface area contributed by atoms with E-state index in [4.69, 9.17) is 11.3 Å². The topological polar surface area (TPSA) is 160 Å². The zero-order chi connectivity index (χ0) is 35.9. The first-order valence-corrected chi connectivity index (χ1v) is 15.0. The monoisotopic (exact) mass is 669 g/mol. The lowest BCUT2D eigenvalue weighted by Gasteiger charge is -2.42. The van der Waals surface area contributed by atoms with Gasteiger partial charge in [0.1, 0.15) is 6.33 Å². The first-order valence-electron chi connectivity index (χ1n) is 15.0. The molecule has 2 aliphatic rings. The molecule has 5 rings (SSSR count). The number of fused-ring (bicyclic) bond motifs is 2. The molecule has 1 atom stereocenters. The lowest BCUT2D eigenvalue weighted by molar-refractivity contribution is 0.187. The fraction of sp³-hybridized carbons (Fsp3) is 0.256. The fourth-order valence-electron chi connectivity index (χ4n) is 5.22. The number of nitrogens with one attached hydrogen (secondary N) is 1. The summed E-state index contributed by atoms with van der Waals surface area (Å²) in [6.45, 7) is 5.33. The number of imidazole rings is 1. The zero-order valence-electron chi connectivity index (χ0n) is 27.8. The SMILES string of the molecule is CC#CC#CC#CC#CC#CC#CC#CC#CC#CC.Cn1cnc2c(N3CCC4(CC3)Cc3ccccc3[C@H]4N)ncnc21.N=N/N=N/N.[HH].[HH].[HH].[HH].[HH].[HH].[HH].[HH]. The van der Waals surface area contributed by atoms with E-state index in [1.807, 2.05) is 11.6 Å². The van der Waals surface area contributed by atoms with E-state index in [9.17, 15) is 0 Å². The number of nitrogens with two attached hydrogens (primary N) is 2. The second kappa shape index (κ2) is 20.6. The van der Waals surface area contributed by atoms with Crippen LogP contribution >= 0.6 is 0 Å². The Kier molecular flexibility index (Phi) is 15.3. The Hall–Kier alpha value is -7.43. The van der Waals surface area contributed by atoms with Crippen molar-refractivity contribution in [3.63, 3.8) is 0 Å². The van der Waals surface area contributed by atoms with Crippen LogP contribution in [-0.2, 0) is 13.5 Å². The minimum atomic E-state index is 0. The molecule has 1 spiro atoms. The molecule has 0 bridgehead atoms. The normalized spacial score (nSPS) is 13.4. The summed E-state index contributed by atoms with van der Waals surface area (Å²) in [7, 11) is 1.96. The highest BCUT2D eigenvalue weighted by Crippen LogP contribution is 2.51. The second-order valence-corrected chi connectivity index (χ2v) is 10.2. The molecule has 258 valence electrons. The Labute approximate surface area is 304 Å². The van der Waals surface area contributed by atoms with Crippen molar-refractivity contribution in [2.24, 2.45) is 39.7 Å². The Morgan fingerprint density at radius 3 is 1.78 bits per heavy atom. The average Bonchev–Trinajstić information content (AvgIpc) is 3.65. The van der Waals surface area contributed by atoms with Crippen LogP contribution in [0.25, 0.3) is 11.2 Å². The Balaban J connectivity index is -0.000000189. The highest BCUT2D eigenvalue weighted by molar-refractivity contribution is 5.83. The third kappa shape index (κ3) is 10.8. The van der Waals surface area contributed by atoms with E-state index >= 15 is 0 Å². The summed E-state index contributed by atoms with van der Waals surface area (Å²) in [5.74, 6) is 50.9. The minimum Gasteiger partial charge on any atom is -0.355 e. The minimum absolute atomic E-state index is 0. The molecule has 3 aromatic rings. The number of piperidine rings is 1. The quantitative estimate of drug-likeness (QED) is 0.142. The van der Waals surface area contributed by atoms with Crippen molar-refractivity contribution in [1.82, 2.24) is 19.5 Å². The van der Waals surface area contributed by atoms with Gasteiger partial charge in [0.2, 0.25) is 0 Å². The van der Waals surface area contributed by atoms with Crippen molar-refractivity contribution >= 4 is 17.0 Å². The predicted molar refractivity (Wildman–Crippen MR) is 210 cm³/mol. The number of anilines is 1. The van der Waals surface area contributed by atoms with Gasteiger partial charge >= 0.3 is 0 Å². The number of hydrogen-bond acceptors (Lipinski definition) is 7. The molecule has 2 aromatic heterocycles. The molecular formula is C39H47N11. The van der Waals surface area contributed by atoms with Gasteiger partial charge in [0.05, 0.1) is 6.33 Å².